The minimum atomic E-state index is -0.138. The summed E-state index contributed by atoms with van der Waals surface area (Å²) >= 11 is 0. The zero-order valence-corrected chi connectivity index (χ0v) is 8.78. The lowest BCUT2D eigenvalue weighted by Crippen LogP contribution is -2.40. The van der Waals surface area contributed by atoms with Crippen molar-refractivity contribution in [2.75, 3.05) is 26.2 Å². The molecule has 1 atom stereocenters. The van der Waals surface area contributed by atoms with Crippen molar-refractivity contribution in [3.8, 4) is 0 Å². The maximum atomic E-state index is 11.8. The van der Waals surface area contributed by atoms with Crippen molar-refractivity contribution >= 4 is 5.91 Å². The summed E-state index contributed by atoms with van der Waals surface area (Å²) < 4.78 is 0. The molecule has 1 unspecified atom stereocenters. The second kappa shape index (κ2) is 7.53. The van der Waals surface area contributed by atoms with Crippen LogP contribution in [0, 0.1) is 5.92 Å². The number of carbonyl (C=O) groups excluding carboxylic acids is 1. The van der Waals surface area contributed by atoms with E-state index in [-0.39, 0.29) is 18.4 Å². The summed E-state index contributed by atoms with van der Waals surface area (Å²) in [5.74, 6) is -0.134. The van der Waals surface area contributed by atoms with Crippen molar-refractivity contribution in [2.24, 2.45) is 11.7 Å². The third kappa shape index (κ3) is 3.89. The average molecular weight is 200 g/mol. The van der Waals surface area contributed by atoms with Gasteiger partial charge in [0, 0.05) is 19.6 Å². The summed E-state index contributed by atoms with van der Waals surface area (Å²) in [7, 11) is 0. The summed E-state index contributed by atoms with van der Waals surface area (Å²) in [5, 5.41) is 8.78. The van der Waals surface area contributed by atoms with Crippen LogP contribution in [0.3, 0.4) is 0 Å². The van der Waals surface area contributed by atoms with Gasteiger partial charge in [0.15, 0.2) is 0 Å². The van der Waals surface area contributed by atoms with Crippen molar-refractivity contribution in [1.29, 1.82) is 0 Å². The maximum absolute atomic E-state index is 11.8. The molecule has 0 saturated heterocycles. The number of aliphatic hydroxyl groups is 1. The molecule has 0 aromatic heterocycles. The van der Waals surface area contributed by atoms with Crippen molar-refractivity contribution in [1.82, 2.24) is 4.90 Å². The minimum Gasteiger partial charge on any atom is -0.395 e. The highest BCUT2D eigenvalue weighted by atomic mass is 16.3. The lowest BCUT2D eigenvalue weighted by Gasteiger charge is -2.24. The average Bonchev–Trinajstić information content (AvgIpc) is 2.19. The summed E-state index contributed by atoms with van der Waals surface area (Å²) in [6.07, 6.45) is 2.38. The van der Waals surface area contributed by atoms with E-state index in [9.17, 15) is 4.79 Å². The van der Waals surface area contributed by atoms with E-state index in [0.717, 1.165) is 6.42 Å². The van der Waals surface area contributed by atoms with Crippen LogP contribution < -0.4 is 5.73 Å². The molecule has 0 aliphatic rings. The van der Waals surface area contributed by atoms with Gasteiger partial charge in [-0.2, -0.15) is 0 Å². The molecule has 0 saturated carbocycles. The van der Waals surface area contributed by atoms with Gasteiger partial charge in [-0.25, -0.2) is 0 Å². The molecule has 4 nitrogen and oxygen atoms in total. The minimum absolute atomic E-state index is 0.00366. The Balaban J connectivity index is 4.31. The van der Waals surface area contributed by atoms with Gasteiger partial charge in [-0.15, -0.1) is 6.58 Å². The van der Waals surface area contributed by atoms with Crippen LogP contribution in [-0.4, -0.2) is 42.2 Å². The first-order valence-electron chi connectivity index (χ1n) is 4.91. The second-order valence-electron chi connectivity index (χ2n) is 3.14. The van der Waals surface area contributed by atoms with Gasteiger partial charge in [-0.1, -0.05) is 13.0 Å². The molecule has 1 amide bonds. The van der Waals surface area contributed by atoms with Gasteiger partial charge in [0.05, 0.1) is 12.5 Å². The number of hydrogen-bond acceptors (Lipinski definition) is 3. The number of amides is 1. The van der Waals surface area contributed by atoms with Crippen molar-refractivity contribution in [2.45, 2.75) is 13.3 Å². The normalized spacial score (nSPS) is 12.2. The van der Waals surface area contributed by atoms with E-state index < -0.39 is 0 Å². The van der Waals surface area contributed by atoms with Crippen molar-refractivity contribution < 1.29 is 9.90 Å². The van der Waals surface area contributed by atoms with Crippen LogP contribution in [0.5, 0.6) is 0 Å². The Morgan fingerprint density at radius 2 is 2.36 bits per heavy atom. The molecule has 0 aliphatic heterocycles. The topological polar surface area (TPSA) is 66.6 Å². The molecule has 3 N–H and O–H groups in total. The molecule has 0 radical (unpaired) electrons. The molecule has 4 heteroatoms. The van der Waals surface area contributed by atoms with Gasteiger partial charge in [0.2, 0.25) is 5.91 Å². The van der Waals surface area contributed by atoms with Crippen LogP contribution in [0.1, 0.15) is 13.3 Å². The molecule has 0 aromatic rings. The Hall–Kier alpha value is -0.870. The number of aliphatic hydroxyl groups excluding tert-OH is 1. The van der Waals surface area contributed by atoms with Gasteiger partial charge in [0.1, 0.15) is 0 Å². The van der Waals surface area contributed by atoms with E-state index >= 15 is 0 Å². The summed E-state index contributed by atoms with van der Waals surface area (Å²) in [6.45, 7) is 6.65. The first-order chi connectivity index (χ1) is 6.71. The molecule has 0 fully saturated rings. The largest absolute Gasteiger partial charge is 0.395 e. The Morgan fingerprint density at radius 3 is 2.71 bits per heavy atom. The van der Waals surface area contributed by atoms with Gasteiger partial charge < -0.3 is 15.7 Å². The van der Waals surface area contributed by atoms with Gasteiger partial charge in [-0.05, 0) is 6.42 Å². The highest BCUT2D eigenvalue weighted by Crippen LogP contribution is 2.06. The van der Waals surface area contributed by atoms with Crippen LogP contribution in [0.2, 0.25) is 0 Å². The molecule has 82 valence electrons. The number of nitrogens with two attached hydrogens (primary N) is 1. The van der Waals surface area contributed by atoms with Gasteiger partial charge in [-0.3, -0.25) is 4.79 Å². The lowest BCUT2D eigenvalue weighted by atomic mass is 10.1. The number of carbonyl (C=O) groups is 1. The molecule has 0 spiro atoms. The van der Waals surface area contributed by atoms with E-state index in [0.29, 0.717) is 19.6 Å². The van der Waals surface area contributed by atoms with Crippen molar-refractivity contribution in [3.05, 3.63) is 12.7 Å². The van der Waals surface area contributed by atoms with E-state index in [2.05, 4.69) is 6.58 Å². The van der Waals surface area contributed by atoms with E-state index in [1.807, 2.05) is 6.92 Å². The fourth-order valence-electron chi connectivity index (χ4n) is 1.27. The van der Waals surface area contributed by atoms with Gasteiger partial charge >= 0.3 is 0 Å². The highest BCUT2D eigenvalue weighted by Gasteiger charge is 2.20. The van der Waals surface area contributed by atoms with Crippen LogP contribution in [-0.2, 0) is 4.79 Å². The Bertz CT molecular complexity index is 179. The molecular formula is C10H20N2O2. The number of rotatable bonds is 7. The quantitative estimate of drug-likeness (QED) is 0.567. The second-order valence-corrected chi connectivity index (χ2v) is 3.14. The molecule has 0 heterocycles. The van der Waals surface area contributed by atoms with Crippen LogP contribution in [0.25, 0.3) is 0 Å². The monoisotopic (exact) mass is 200 g/mol. The van der Waals surface area contributed by atoms with Crippen molar-refractivity contribution in [3.63, 3.8) is 0 Å². The molecule has 0 aliphatic carbocycles. The smallest absolute Gasteiger partial charge is 0.227 e. The Kier molecular flexibility index (Phi) is 7.06. The van der Waals surface area contributed by atoms with Crippen LogP contribution >= 0.6 is 0 Å². The SMILES string of the molecule is C=CCN(CCO)C(=O)C(CC)CN. The predicted molar refractivity (Wildman–Crippen MR) is 56.7 cm³/mol. The molecule has 0 aromatic carbocycles. The fraction of sp³-hybridized carbons (Fsp3) is 0.700. The molecule has 14 heavy (non-hydrogen) atoms. The molecule has 0 bridgehead atoms. The zero-order valence-electron chi connectivity index (χ0n) is 8.78. The predicted octanol–water partition coefficient (Wildman–Crippen LogP) is -0.0218. The van der Waals surface area contributed by atoms with Crippen LogP contribution in [0.4, 0.5) is 0 Å². The van der Waals surface area contributed by atoms with E-state index in [1.165, 1.54) is 0 Å². The third-order valence-electron chi connectivity index (χ3n) is 2.16. The summed E-state index contributed by atoms with van der Waals surface area (Å²) in [4.78, 5) is 13.3. The number of nitrogens with zero attached hydrogens (tertiary/aromatic N) is 1. The highest BCUT2D eigenvalue weighted by molar-refractivity contribution is 5.79. The fourth-order valence-corrected chi connectivity index (χ4v) is 1.27. The lowest BCUT2D eigenvalue weighted by molar-refractivity contribution is -0.135. The van der Waals surface area contributed by atoms with E-state index in [1.54, 1.807) is 11.0 Å². The third-order valence-corrected chi connectivity index (χ3v) is 2.16. The molecule has 0 rings (SSSR count). The Labute approximate surface area is 85.4 Å². The van der Waals surface area contributed by atoms with E-state index in [4.69, 9.17) is 10.8 Å². The summed E-state index contributed by atoms with van der Waals surface area (Å²) in [5.41, 5.74) is 5.48. The van der Waals surface area contributed by atoms with Crippen LogP contribution in [0.15, 0.2) is 12.7 Å². The Morgan fingerprint density at radius 1 is 1.71 bits per heavy atom. The zero-order chi connectivity index (χ0) is 11.0. The maximum Gasteiger partial charge on any atom is 0.227 e. The standard InChI is InChI=1S/C10H20N2O2/c1-3-5-12(6-7-13)10(14)9(4-2)8-11/h3,9,13H,1,4-8,11H2,2H3. The number of hydrogen-bond donors (Lipinski definition) is 2. The van der Waals surface area contributed by atoms with Gasteiger partial charge in [0.25, 0.3) is 0 Å². The molecular weight excluding hydrogens is 180 g/mol. The summed E-state index contributed by atoms with van der Waals surface area (Å²) in [6, 6.07) is 0. The first-order valence-corrected chi connectivity index (χ1v) is 4.91. The first kappa shape index (κ1) is 13.1.